The Bertz CT molecular complexity index is 613. The van der Waals surface area contributed by atoms with Gasteiger partial charge in [0.2, 0.25) is 0 Å². The maximum absolute atomic E-state index is 2.42. The molecule has 0 heterocycles. The van der Waals surface area contributed by atoms with E-state index >= 15 is 0 Å². The smallest absolute Gasteiger partial charge is 0.00101 e. The topological polar surface area (TPSA) is 38.2 Å². The number of aryl methyl sites for hydroxylation is 2. The first-order valence-corrected chi connectivity index (χ1v) is 7.77. The Kier molecular flexibility index (Phi) is 7.50. The normalized spacial score (nSPS) is 12.4. The highest BCUT2D eigenvalue weighted by molar-refractivity contribution is 5.85. The second-order valence-corrected chi connectivity index (χ2v) is 6.02. The summed E-state index contributed by atoms with van der Waals surface area (Å²) >= 11 is 0. The van der Waals surface area contributed by atoms with E-state index in [2.05, 4.69) is 73.6 Å². The summed E-state index contributed by atoms with van der Waals surface area (Å²) in [4.78, 5) is 2.24. The van der Waals surface area contributed by atoms with Crippen molar-refractivity contribution < 1.29 is 0 Å². The summed E-state index contributed by atoms with van der Waals surface area (Å²) in [6.45, 7) is 1.09. The molecule has 2 nitrogen and oxygen atoms in total. The molecule has 0 saturated carbocycles. The molecule has 124 valence electrons. The minimum absolute atomic E-state index is 0. The van der Waals surface area contributed by atoms with Crippen LogP contribution in [0.1, 0.15) is 28.7 Å². The number of fused-ring (bicyclic) bond motifs is 2. The van der Waals surface area contributed by atoms with Gasteiger partial charge in [-0.1, -0.05) is 54.6 Å². The van der Waals surface area contributed by atoms with Gasteiger partial charge in [-0.3, -0.25) is 0 Å². The third-order valence-electron chi connectivity index (χ3n) is 4.20. The van der Waals surface area contributed by atoms with E-state index in [-0.39, 0.29) is 18.6 Å². The lowest BCUT2D eigenvalue weighted by molar-refractivity contribution is 0.417. The molecule has 0 aromatic heterocycles. The van der Waals surface area contributed by atoms with Crippen LogP contribution >= 0.6 is 12.4 Å². The molecular weight excluding hydrogens is 304 g/mol. The monoisotopic (exact) mass is 330 g/mol. The highest BCUT2D eigenvalue weighted by Crippen LogP contribution is 2.33. The maximum atomic E-state index is 2.42. The van der Waals surface area contributed by atoms with Gasteiger partial charge >= 0.3 is 0 Å². The first-order valence-electron chi connectivity index (χ1n) is 7.77. The molecule has 1 aliphatic rings. The van der Waals surface area contributed by atoms with Crippen LogP contribution in [0, 0.1) is 0 Å². The fourth-order valence-corrected chi connectivity index (χ4v) is 3.10. The second kappa shape index (κ2) is 8.88. The van der Waals surface area contributed by atoms with Gasteiger partial charge < -0.3 is 11.1 Å². The van der Waals surface area contributed by atoms with Gasteiger partial charge in [0, 0.05) is 6.54 Å². The van der Waals surface area contributed by atoms with Crippen molar-refractivity contribution in [3.63, 3.8) is 0 Å². The summed E-state index contributed by atoms with van der Waals surface area (Å²) in [5, 5.41) is 0. The van der Waals surface area contributed by atoms with Crippen molar-refractivity contribution in [2.75, 3.05) is 20.6 Å². The summed E-state index contributed by atoms with van der Waals surface area (Å²) in [6.07, 6.45) is 5.78. The summed E-state index contributed by atoms with van der Waals surface area (Å²) in [7, 11) is 4.26. The zero-order valence-electron chi connectivity index (χ0n) is 14.1. The van der Waals surface area contributed by atoms with Crippen molar-refractivity contribution >= 4 is 18.0 Å². The average Bonchev–Trinajstić information content (AvgIpc) is 2.65. The number of rotatable bonds is 3. The van der Waals surface area contributed by atoms with Crippen LogP contribution < -0.4 is 6.15 Å². The van der Waals surface area contributed by atoms with E-state index in [1.165, 1.54) is 27.8 Å². The number of benzene rings is 2. The van der Waals surface area contributed by atoms with Crippen LogP contribution in [0.15, 0.2) is 54.6 Å². The quantitative estimate of drug-likeness (QED) is 0.881. The molecular formula is C20H27ClN2. The van der Waals surface area contributed by atoms with Crippen LogP contribution in [-0.4, -0.2) is 25.5 Å². The highest BCUT2D eigenvalue weighted by atomic mass is 35.5. The molecule has 0 radical (unpaired) electrons. The van der Waals surface area contributed by atoms with Gasteiger partial charge in [0.25, 0.3) is 0 Å². The van der Waals surface area contributed by atoms with Gasteiger partial charge in [-0.15, -0.1) is 12.4 Å². The molecule has 0 amide bonds. The van der Waals surface area contributed by atoms with E-state index in [9.17, 15) is 0 Å². The molecule has 1 aliphatic carbocycles. The van der Waals surface area contributed by atoms with E-state index in [4.69, 9.17) is 0 Å². The maximum Gasteiger partial charge on any atom is 0.00101 e. The van der Waals surface area contributed by atoms with E-state index < -0.39 is 0 Å². The second-order valence-electron chi connectivity index (χ2n) is 6.02. The van der Waals surface area contributed by atoms with Crippen molar-refractivity contribution in [2.24, 2.45) is 0 Å². The summed E-state index contributed by atoms with van der Waals surface area (Å²) in [5.74, 6) is 0. The molecule has 0 atom stereocenters. The third-order valence-corrected chi connectivity index (χ3v) is 4.20. The molecule has 2 aromatic rings. The molecule has 23 heavy (non-hydrogen) atoms. The molecule has 3 rings (SSSR count). The molecule has 0 aliphatic heterocycles. The Morgan fingerprint density at radius 3 is 1.83 bits per heavy atom. The number of nitrogens with zero attached hydrogens (tertiary/aromatic N) is 1. The van der Waals surface area contributed by atoms with Crippen molar-refractivity contribution in [2.45, 2.75) is 19.3 Å². The van der Waals surface area contributed by atoms with Crippen LogP contribution in [0.25, 0.3) is 5.57 Å². The number of hydrogen-bond donors (Lipinski definition) is 1. The number of hydrogen-bond acceptors (Lipinski definition) is 2. The van der Waals surface area contributed by atoms with Gasteiger partial charge in [0.15, 0.2) is 0 Å². The first-order chi connectivity index (χ1) is 10.3. The fourth-order valence-electron chi connectivity index (χ4n) is 3.10. The van der Waals surface area contributed by atoms with Gasteiger partial charge in [0.05, 0.1) is 0 Å². The average molecular weight is 331 g/mol. The van der Waals surface area contributed by atoms with Crippen LogP contribution in [0.2, 0.25) is 0 Å². The molecule has 2 aromatic carbocycles. The van der Waals surface area contributed by atoms with Gasteiger partial charge in [-0.2, -0.15) is 0 Å². The molecule has 3 heteroatoms. The van der Waals surface area contributed by atoms with Crippen LogP contribution in [0.5, 0.6) is 0 Å². The van der Waals surface area contributed by atoms with Crippen LogP contribution in [0.3, 0.4) is 0 Å². The Labute approximate surface area is 146 Å². The largest absolute Gasteiger partial charge is 0.344 e. The Morgan fingerprint density at radius 2 is 1.35 bits per heavy atom. The van der Waals surface area contributed by atoms with E-state index in [1.54, 1.807) is 0 Å². The SMILES string of the molecule is CN(C)CCC=C1c2ccccc2CCc2ccccc21.Cl.N. The predicted molar refractivity (Wildman–Crippen MR) is 103 cm³/mol. The Morgan fingerprint density at radius 1 is 0.870 bits per heavy atom. The van der Waals surface area contributed by atoms with E-state index in [0.29, 0.717) is 0 Å². The summed E-state index contributed by atoms with van der Waals surface area (Å²) < 4.78 is 0. The molecule has 0 fully saturated rings. The van der Waals surface area contributed by atoms with Crippen LogP contribution in [0.4, 0.5) is 0 Å². The standard InChI is InChI=1S/C20H23N.ClH.H3N/c1-21(2)15-7-12-20-18-10-5-3-8-16(18)13-14-17-9-4-6-11-19(17)20;;/h3-6,8-12H,7,13-15H2,1-2H3;1H;1H3. The minimum atomic E-state index is 0. The van der Waals surface area contributed by atoms with Gasteiger partial charge in [-0.25, -0.2) is 0 Å². The summed E-state index contributed by atoms with van der Waals surface area (Å²) in [6, 6.07) is 17.7. The molecule has 0 saturated heterocycles. The molecule has 0 spiro atoms. The molecule has 3 N–H and O–H groups in total. The van der Waals surface area contributed by atoms with E-state index in [0.717, 1.165) is 25.8 Å². The van der Waals surface area contributed by atoms with Crippen LogP contribution in [-0.2, 0) is 12.8 Å². The number of halogens is 1. The highest BCUT2D eigenvalue weighted by Gasteiger charge is 2.16. The predicted octanol–water partition coefficient (Wildman–Crippen LogP) is 4.75. The van der Waals surface area contributed by atoms with Crippen molar-refractivity contribution in [3.05, 3.63) is 76.9 Å². The van der Waals surface area contributed by atoms with Crippen molar-refractivity contribution in [3.8, 4) is 0 Å². The molecule has 0 unspecified atom stereocenters. The van der Waals surface area contributed by atoms with Crippen molar-refractivity contribution in [1.29, 1.82) is 0 Å². The van der Waals surface area contributed by atoms with Gasteiger partial charge in [-0.05, 0) is 61.2 Å². The lowest BCUT2D eigenvalue weighted by Gasteiger charge is -2.13. The minimum Gasteiger partial charge on any atom is -0.344 e. The summed E-state index contributed by atoms with van der Waals surface area (Å²) in [5.41, 5.74) is 7.21. The lowest BCUT2D eigenvalue weighted by Crippen LogP contribution is -2.12. The fraction of sp³-hybridized carbons (Fsp3) is 0.300. The first kappa shape index (κ1) is 19.4. The van der Waals surface area contributed by atoms with E-state index in [1.807, 2.05) is 0 Å². The Hall–Kier alpha value is -1.61. The van der Waals surface area contributed by atoms with Gasteiger partial charge in [0.1, 0.15) is 0 Å². The zero-order chi connectivity index (χ0) is 14.7. The lowest BCUT2D eigenvalue weighted by atomic mass is 9.93. The molecule has 0 bridgehead atoms. The van der Waals surface area contributed by atoms with Crippen molar-refractivity contribution in [1.82, 2.24) is 11.1 Å². The third kappa shape index (κ3) is 4.44. The Balaban J connectivity index is 0.00000132. The zero-order valence-corrected chi connectivity index (χ0v) is 14.9.